The van der Waals surface area contributed by atoms with E-state index in [1.807, 2.05) is 18.5 Å². The molecule has 0 saturated heterocycles. The Morgan fingerprint density at radius 3 is 2.85 bits per heavy atom. The maximum atomic E-state index is 5.92. The molecule has 74 valence electrons. The maximum absolute atomic E-state index is 5.92. The van der Waals surface area contributed by atoms with Crippen LogP contribution in [0.25, 0.3) is 0 Å². The number of pyridine rings is 1. The van der Waals surface area contributed by atoms with E-state index in [9.17, 15) is 0 Å². The molecule has 0 amide bonds. The van der Waals surface area contributed by atoms with Gasteiger partial charge in [-0.15, -0.1) is 24.8 Å². The second-order valence-electron chi connectivity index (χ2n) is 3.07. The number of aryl methyl sites for hydroxylation is 1. The molecular formula is C9H14Cl2N2. The van der Waals surface area contributed by atoms with Gasteiger partial charge in [0.15, 0.2) is 0 Å². The number of nitrogens with zero attached hydrogens (tertiary/aromatic N) is 1. The molecule has 1 aromatic heterocycles. The van der Waals surface area contributed by atoms with Crippen molar-refractivity contribution in [1.82, 2.24) is 4.98 Å². The highest BCUT2D eigenvalue weighted by Gasteiger charge is 2.15. The molecule has 4 heteroatoms. The van der Waals surface area contributed by atoms with Gasteiger partial charge in [0.05, 0.1) is 0 Å². The van der Waals surface area contributed by atoms with E-state index in [0.29, 0.717) is 0 Å². The lowest BCUT2D eigenvalue weighted by Gasteiger charge is -2.20. The number of hydrogen-bond donors (Lipinski definition) is 1. The van der Waals surface area contributed by atoms with Crippen molar-refractivity contribution in [2.75, 3.05) is 0 Å². The Bertz CT molecular complexity index is 266. The molecule has 0 spiro atoms. The quantitative estimate of drug-likeness (QED) is 0.729. The van der Waals surface area contributed by atoms with Crippen molar-refractivity contribution < 1.29 is 0 Å². The maximum Gasteiger partial charge on any atom is 0.0303 e. The average molecular weight is 221 g/mol. The van der Waals surface area contributed by atoms with E-state index in [4.69, 9.17) is 5.73 Å². The minimum Gasteiger partial charge on any atom is -0.324 e. The molecule has 0 fully saturated rings. The zero-order valence-corrected chi connectivity index (χ0v) is 8.90. The standard InChI is InChI=1S/C9H12N2.2ClH/c10-9-3-1-2-7-6-11-5-4-8(7)9;;/h4-6,9H,1-3,10H2;2*1H/t9-;;/m1../s1. The van der Waals surface area contributed by atoms with Crippen LogP contribution < -0.4 is 5.73 Å². The van der Waals surface area contributed by atoms with Crippen LogP contribution in [0.15, 0.2) is 18.5 Å². The molecule has 1 aliphatic rings. The summed E-state index contributed by atoms with van der Waals surface area (Å²) in [6, 6.07) is 2.29. The van der Waals surface area contributed by atoms with Gasteiger partial charge < -0.3 is 5.73 Å². The Balaban J connectivity index is 0.000000720. The topological polar surface area (TPSA) is 38.9 Å². The van der Waals surface area contributed by atoms with E-state index in [2.05, 4.69) is 4.98 Å². The fraction of sp³-hybridized carbons (Fsp3) is 0.444. The SMILES string of the molecule is Cl.Cl.N[C@@H]1CCCc2cnccc21. The summed E-state index contributed by atoms with van der Waals surface area (Å²) in [7, 11) is 0. The fourth-order valence-corrected chi connectivity index (χ4v) is 1.68. The number of nitrogens with two attached hydrogens (primary N) is 1. The van der Waals surface area contributed by atoms with Gasteiger partial charge in [0.1, 0.15) is 0 Å². The molecule has 1 atom stereocenters. The number of aromatic nitrogens is 1. The van der Waals surface area contributed by atoms with E-state index in [1.54, 1.807) is 0 Å². The van der Waals surface area contributed by atoms with Crippen LogP contribution in [0.5, 0.6) is 0 Å². The van der Waals surface area contributed by atoms with Crippen LogP contribution in [-0.4, -0.2) is 4.98 Å². The second-order valence-corrected chi connectivity index (χ2v) is 3.07. The largest absolute Gasteiger partial charge is 0.324 e. The first-order valence-corrected chi connectivity index (χ1v) is 4.06. The van der Waals surface area contributed by atoms with Gasteiger partial charge in [-0.25, -0.2) is 0 Å². The van der Waals surface area contributed by atoms with Crippen LogP contribution in [-0.2, 0) is 6.42 Å². The van der Waals surface area contributed by atoms with E-state index in [1.165, 1.54) is 17.5 Å². The van der Waals surface area contributed by atoms with Crippen LogP contribution in [0.2, 0.25) is 0 Å². The van der Waals surface area contributed by atoms with Gasteiger partial charge >= 0.3 is 0 Å². The Kier molecular flexibility index (Phi) is 5.30. The number of hydrogen-bond acceptors (Lipinski definition) is 2. The third-order valence-electron chi connectivity index (χ3n) is 2.30. The van der Waals surface area contributed by atoms with Crippen LogP contribution in [0.3, 0.4) is 0 Å². The molecular weight excluding hydrogens is 207 g/mol. The summed E-state index contributed by atoms with van der Waals surface area (Å²) in [5, 5.41) is 0. The van der Waals surface area contributed by atoms with Crippen LogP contribution in [0.4, 0.5) is 0 Å². The summed E-state index contributed by atoms with van der Waals surface area (Å²) in [6.07, 6.45) is 7.24. The number of rotatable bonds is 0. The van der Waals surface area contributed by atoms with E-state index in [0.717, 1.165) is 12.8 Å². The lowest BCUT2D eigenvalue weighted by Crippen LogP contribution is -2.17. The molecule has 0 bridgehead atoms. The van der Waals surface area contributed by atoms with Gasteiger partial charge in [0.2, 0.25) is 0 Å². The van der Waals surface area contributed by atoms with Crippen molar-refractivity contribution >= 4 is 24.8 Å². The normalized spacial score (nSPS) is 19.3. The lowest BCUT2D eigenvalue weighted by molar-refractivity contribution is 0.568. The fourth-order valence-electron chi connectivity index (χ4n) is 1.68. The first-order valence-electron chi connectivity index (χ1n) is 4.06. The van der Waals surface area contributed by atoms with Crippen molar-refractivity contribution in [2.24, 2.45) is 5.73 Å². The highest BCUT2D eigenvalue weighted by molar-refractivity contribution is 5.85. The number of halogens is 2. The Morgan fingerprint density at radius 2 is 2.15 bits per heavy atom. The molecule has 2 nitrogen and oxygen atoms in total. The first-order chi connectivity index (χ1) is 5.38. The molecule has 0 unspecified atom stereocenters. The van der Waals surface area contributed by atoms with Crippen molar-refractivity contribution in [3.63, 3.8) is 0 Å². The highest BCUT2D eigenvalue weighted by atomic mass is 35.5. The molecule has 2 N–H and O–H groups in total. The predicted octanol–water partition coefficient (Wildman–Crippen LogP) is 2.26. The Labute approximate surface area is 90.8 Å². The van der Waals surface area contributed by atoms with Crippen molar-refractivity contribution in [2.45, 2.75) is 25.3 Å². The smallest absolute Gasteiger partial charge is 0.0303 e. The van der Waals surface area contributed by atoms with Crippen LogP contribution in [0.1, 0.15) is 30.0 Å². The molecule has 0 saturated carbocycles. The molecule has 13 heavy (non-hydrogen) atoms. The minimum absolute atomic E-state index is 0. The third-order valence-corrected chi connectivity index (χ3v) is 2.30. The molecule has 1 heterocycles. The summed E-state index contributed by atoms with van der Waals surface area (Å²) in [6.45, 7) is 0. The van der Waals surface area contributed by atoms with Gasteiger partial charge in [0.25, 0.3) is 0 Å². The Morgan fingerprint density at radius 1 is 1.38 bits per heavy atom. The summed E-state index contributed by atoms with van der Waals surface area (Å²) in [5.41, 5.74) is 8.56. The second kappa shape index (κ2) is 5.43. The van der Waals surface area contributed by atoms with E-state index >= 15 is 0 Å². The van der Waals surface area contributed by atoms with Gasteiger partial charge in [0, 0.05) is 18.4 Å². The molecule has 0 aromatic carbocycles. The molecule has 0 radical (unpaired) electrons. The van der Waals surface area contributed by atoms with Gasteiger partial charge in [-0.05, 0) is 36.5 Å². The van der Waals surface area contributed by atoms with Gasteiger partial charge in [-0.2, -0.15) is 0 Å². The third kappa shape index (κ3) is 2.56. The Hall–Kier alpha value is -0.310. The monoisotopic (exact) mass is 220 g/mol. The predicted molar refractivity (Wildman–Crippen MR) is 58.6 cm³/mol. The van der Waals surface area contributed by atoms with Crippen molar-refractivity contribution in [1.29, 1.82) is 0 Å². The zero-order chi connectivity index (χ0) is 7.68. The van der Waals surface area contributed by atoms with Gasteiger partial charge in [-0.1, -0.05) is 0 Å². The molecule has 1 aromatic rings. The summed E-state index contributed by atoms with van der Waals surface area (Å²) >= 11 is 0. The molecule has 2 rings (SSSR count). The summed E-state index contributed by atoms with van der Waals surface area (Å²) < 4.78 is 0. The average Bonchev–Trinajstić information content (AvgIpc) is 2.06. The lowest BCUT2D eigenvalue weighted by atomic mass is 9.90. The summed E-state index contributed by atoms with van der Waals surface area (Å²) in [4.78, 5) is 4.08. The van der Waals surface area contributed by atoms with Crippen molar-refractivity contribution in [3.8, 4) is 0 Å². The highest BCUT2D eigenvalue weighted by Crippen LogP contribution is 2.26. The minimum atomic E-state index is 0. The summed E-state index contributed by atoms with van der Waals surface area (Å²) in [5.74, 6) is 0. The first kappa shape index (κ1) is 12.7. The number of fused-ring (bicyclic) bond motifs is 1. The van der Waals surface area contributed by atoms with Crippen molar-refractivity contribution in [3.05, 3.63) is 29.6 Å². The van der Waals surface area contributed by atoms with Gasteiger partial charge in [-0.3, -0.25) is 4.98 Å². The van der Waals surface area contributed by atoms with Crippen LogP contribution in [0, 0.1) is 0 Å². The zero-order valence-electron chi connectivity index (χ0n) is 7.27. The van der Waals surface area contributed by atoms with E-state index < -0.39 is 0 Å². The molecule has 0 aliphatic heterocycles. The molecule has 1 aliphatic carbocycles. The van der Waals surface area contributed by atoms with Crippen LogP contribution >= 0.6 is 24.8 Å². The van der Waals surface area contributed by atoms with E-state index in [-0.39, 0.29) is 30.9 Å².